The highest BCUT2D eigenvalue weighted by molar-refractivity contribution is 8.02. The van der Waals surface area contributed by atoms with Gasteiger partial charge in [0.05, 0.1) is 29.2 Å². The van der Waals surface area contributed by atoms with Gasteiger partial charge in [0.15, 0.2) is 0 Å². The minimum atomic E-state index is -0.758. The zero-order valence-electron chi connectivity index (χ0n) is 23.9. The molecule has 6 atom stereocenters. The van der Waals surface area contributed by atoms with Gasteiger partial charge in [0.25, 0.3) is 0 Å². The van der Waals surface area contributed by atoms with E-state index >= 15 is 0 Å². The van der Waals surface area contributed by atoms with Crippen molar-refractivity contribution in [3.8, 4) is 0 Å². The molecule has 2 unspecified atom stereocenters. The molecule has 0 saturated carbocycles. The highest BCUT2D eigenvalue weighted by Gasteiger charge is 2.75. The third-order valence-corrected chi connectivity index (χ3v) is 10.6. The monoisotopic (exact) mass is 553 g/mol. The van der Waals surface area contributed by atoms with Crippen molar-refractivity contribution in [3.05, 3.63) is 55.6 Å². The van der Waals surface area contributed by atoms with Crippen LogP contribution >= 0.6 is 11.8 Å². The van der Waals surface area contributed by atoms with Crippen LogP contribution in [0.2, 0.25) is 0 Å². The van der Waals surface area contributed by atoms with Crippen LogP contribution in [0.3, 0.4) is 0 Å². The average molecular weight is 554 g/mol. The van der Waals surface area contributed by atoms with E-state index in [9.17, 15) is 19.5 Å². The Hall–Kier alpha value is -2.58. The largest absolute Gasteiger partial charge is 0.394 e. The van der Waals surface area contributed by atoms with E-state index in [-0.39, 0.29) is 35.5 Å². The molecule has 3 amide bonds. The predicted molar refractivity (Wildman–Crippen MR) is 157 cm³/mol. The summed E-state index contributed by atoms with van der Waals surface area (Å²) in [6.07, 6.45) is 4.86. The van der Waals surface area contributed by atoms with E-state index in [1.54, 1.807) is 38.6 Å². The summed E-state index contributed by atoms with van der Waals surface area (Å²) in [4.78, 5) is 48.5. The Kier molecular flexibility index (Phi) is 8.39. The number of likely N-dealkylation sites (tertiary alicyclic amines) is 1. The van der Waals surface area contributed by atoms with Crippen LogP contribution in [0.15, 0.2) is 55.6 Å². The molecule has 1 spiro atoms. The van der Waals surface area contributed by atoms with Gasteiger partial charge in [0.2, 0.25) is 17.7 Å². The van der Waals surface area contributed by atoms with E-state index in [0.717, 1.165) is 12.1 Å². The van der Waals surface area contributed by atoms with E-state index in [1.165, 1.54) is 0 Å². The molecular formula is C31H43N3O4S. The quantitative estimate of drug-likeness (QED) is 0.441. The van der Waals surface area contributed by atoms with Gasteiger partial charge in [-0.2, -0.15) is 0 Å². The lowest BCUT2D eigenvalue weighted by Crippen LogP contribution is -2.61. The first kappa shape index (κ1) is 29.4. The predicted octanol–water partition coefficient (Wildman–Crippen LogP) is 4.13. The second-order valence-corrected chi connectivity index (χ2v) is 13.9. The van der Waals surface area contributed by atoms with E-state index in [2.05, 4.69) is 13.2 Å². The van der Waals surface area contributed by atoms with Gasteiger partial charge in [-0.05, 0) is 51.7 Å². The maximum Gasteiger partial charge on any atom is 0.247 e. The molecule has 1 aromatic rings. The van der Waals surface area contributed by atoms with Crippen LogP contribution in [-0.4, -0.2) is 79.9 Å². The SMILES string of the molecule is C=CCN(C(=O)[C@@H]1[C@H]2C(=O)N([C@@H](CO)C(C)C)C(C(=O)N(CC=C)C(C)(C)C)C23CC[C@H]1S3)c1ccccc1. The minimum Gasteiger partial charge on any atom is -0.394 e. The van der Waals surface area contributed by atoms with Crippen molar-refractivity contribution >= 4 is 35.2 Å². The zero-order valence-corrected chi connectivity index (χ0v) is 24.7. The summed E-state index contributed by atoms with van der Waals surface area (Å²) in [7, 11) is 0. The molecule has 4 rings (SSSR count). The Balaban J connectivity index is 1.82. The molecule has 0 aromatic heterocycles. The number of fused-ring (bicyclic) bond motifs is 1. The van der Waals surface area contributed by atoms with Gasteiger partial charge in [-0.1, -0.05) is 44.2 Å². The van der Waals surface area contributed by atoms with Gasteiger partial charge in [0.1, 0.15) is 6.04 Å². The van der Waals surface area contributed by atoms with Crippen molar-refractivity contribution in [3.63, 3.8) is 0 Å². The Morgan fingerprint density at radius 2 is 1.79 bits per heavy atom. The average Bonchev–Trinajstić information content (AvgIpc) is 3.53. The zero-order chi connectivity index (χ0) is 28.7. The van der Waals surface area contributed by atoms with Crippen molar-refractivity contribution < 1.29 is 19.5 Å². The summed E-state index contributed by atoms with van der Waals surface area (Å²) in [5, 5.41) is 10.4. The highest BCUT2D eigenvalue weighted by Crippen LogP contribution is 2.67. The number of rotatable bonds is 10. The molecule has 0 radical (unpaired) electrons. The van der Waals surface area contributed by atoms with Gasteiger partial charge in [-0.3, -0.25) is 14.4 Å². The summed E-state index contributed by atoms with van der Waals surface area (Å²) in [6, 6.07) is 8.19. The van der Waals surface area contributed by atoms with Gasteiger partial charge in [-0.15, -0.1) is 24.9 Å². The summed E-state index contributed by atoms with van der Waals surface area (Å²) >= 11 is 1.66. The summed E-state index contributed by atoms with van der Waals surface area (Å²) in [5.74, 6) is -1.67. The Morgan fingerprint density at radius 3 is 2.33 bits per heavy atom. The number of carbonyl (C=O) groups is 3. The number of nitrogens with zero attached hydrogens (tertiary/aromatic N) is 3. The first-order chi connectivity index (χ1) is 18.4. The van der Waals surface area contributed by atoms with E-state index in [0.29, 0.717) is 19.5 Å². The lowest BCUT2D eigenvalue weighted by atomic mass is 9.70. The maximum absolute atomic E-state index is 14.5. The van der Waals surface area contributed by atoms with Crippen molar-refractivity contribution in [1.29, 1.82) is 0 Å². The van der Waals surface area contributed by atoms with Crippen LogP contribution in [0.25, 0.3) is 0 Å². The fourth-order valence-corrected chi connectivity index (χ4v) is 9.03. The number of aliphatic hydroxyl groups excluding tert-OH is 1. The molecule has 212 valence electrons. The van der Waals surface area contributed by atoms with Crippen LogP contribution in [0, 0.1) is 17.8 Å². The van der Waals surface area contributed by atoms with Crippen molar-refractivity contribution in [2.75, 3.05) is 24.6 Å². The Bertz CT molecular complexity index is 1120. The van der Waals surface area contributed by atoms with Crippen LogP contribution in [-0.2, 0) is 14.4 Å². The highest BCUT2D eigenvalue weighted by atomic mass is 32.2. The topological polar surface area (TPSA) is 81.2 Å². The third kappa shape index (κ3) is 4.84. The Morgan fingerprint density at radius 1 is 1.15 bits per heavy atom. The van der Waals surface area contributed by atoms with E-state index in [1.807, 2.05) is 65.0 Å². The minimum absolute atomic E-state index is 0.0472. The first-order valence-electron chi connectivity index (χ1n) is 13.9. The molecule has 3 fully saturated rings. The molecule has 39 heavy (non-hydrogen) atoms. The number of amides is 3. The normalized spacial score (nSPS) is 28.4. The number of aliphatic hydroxyl groups is 1. The number of carbonyl (C=O) groups excluding carboxylic acids is 3. The molecule has 3 aliphatic heterocycles. The first-order valence-corrected chi connectivity index (χ1v) is 14.8. The maximum atomic E-state index is 14.5. The number of thioether (sulfide) groups is 1. The molecule has 3 heterocycles. The number of para-hydroxylation sites is 1. The van der Waals surface area contributed by atoms with Crippen molar-refractivity contribution in [2.45, 2.75) is 75.1 Å². The molecule has 7 nitrogen and oxygen atoms in total. The summed E-state index contributed by atoms with van der Waals surface area (Å²) < 4.78 is -0.720. The molecular weight excluding hydrogens is 510 g/mol. The molecule has 1 N–H and O–H groups in total. The standard InChI is InChI=1S/C31H43N3O4S/c1-8-17-32(21-13-11-10-12-14-21)27(36)24-23-15-16-31(39-23)25(24)28(37)34(22(19-35)20(3)4)26(31)29(38)33(18-9-2)30(5,6)7/h8-14,20,22-26,35H,1-2,15-19H2,3-7H3/t22-,23+,24-,25-,26?,31?/m0/s1. The fraction of sp³-hybridized carbons (Fsp3) is 0.581. The molecule has 0 aliphatic carbocycles. The van der Waals surface area contributed by atoms with Crippen LogP contribution in [0.1, 0.15) is 47.5 Å². The summed E-state index contributed by atoms with van der Waals surface area (Å²) in [5.41, 5.74) is 0.269. The third-order valence-electron chi connectivity index (χ3n) is 8.60. The van der Waals surface area contributed by atoms with Crippen molar-refractivity contribution in [2.24, 2.45) is 17.8 Å². The fourth-order valence-electron chi connectivity index (χ4n) is 6.84. The van der Waals surface area contributed by atoms with E-state index in [4.69, 9.17) is 0 Å². The van der Waals surface area contributed by atoms with Crippen molar-refractivity contribution in [1.82, 2.24) is 9.80 Å². The van der Waals surface area contributed by atoms with Gasteiger partial charge >= 0.3 is 0 Å². The molecule has 3 aliphatic rings. The second kappa shape index (κ2) is 11.1. The second-order valence-electron chi connectivity index (χ2n) is 12.3. The smallest absolute Gasteiger partial charge is 0.247 e. The number of hydrogen-bond acceptors (Lipinski definition) is 5. The Labute approximate surface area is 237 Å². The number of benzene rings is 1. The molecule has 3 saturated heterocycles. The molecule has 8 heteroatoms. The van der Waals surface area contributed by atoms with Gasteiger partial charge in [0, 0.05) is 29.6 Å². The lowest BCUT2D eigenvalue weighted by molar-refractivity contribution is -0.149. The summed E-state index contributed by atoms with van der Waals surface area (Å²) in [6.45, 7) is 18.0. The van der Waals surface area contributed by atoms with Gasteiger partial charge in [-0.25, -0.2) is 0 Å². The van der Waals surface area contributed by atoms with Crippen LogP contribution in [0.4, 0.5) is 5.69 Å². The molecule has 2 bridgehead atoms. The molecule has 1 aromatic carbocycles. The number of anilines is 1. The number of hydrogen-bond donors (Lipinski definition) is 1. The van der Waals surface area contributed by atoms with Gasteiger partial charge < -0.3 is 19.8 Å². The van der Waals surface area contributed by atoms with Crippen LogP contribution < -0.4 is 4.90 Å². The van der Waals surface area contributed by atoms with Crippen LogP contribution in [0.5, 0.6) is 0 Å². The van der Waals surface area contributed by atoms with E-state index < -0.39 is 34.2 Å². The lowest BCUT2D eigenvalue weighted by Gasteiger charge is -2.44.